The van der Waals surface area contributed by atoms with Crippen LogP contribution >= 0.6 is 11.3 Å². The van der Waals surface area contributed by atoms with Crippen molar-refractivity contribution in [2.75, 3.05) is 13.2 Å². The van der Waals surface area contributed by atoms with E-state index in [0.29, 0.717) is 42.0 Å². The number of carbonyl (C=O) groups excluding carboxylic acids is 1. The van der Waals surface area contributed by atoms with Crippen molar-refractivity contribution >= 4 is 27.6 Å². The van der Waals surface area contributed by atoms with Gasteiger partial charge < -0.3 is 9.64 Å². The number of aromatic nitrogens is 2. The molecule has 0 saturated carbocycles. The minimum absolute atomic E-state index is 0.322. The van der Waals surface area contributed by atoms with Crippen LogP contribution in [0.2, 0.25) is 0 Å². The fraction of sp³-hybridized carbons (Fsp3) is 0.278. The highest BCUT2D eigenvalue weighted by Crippen LogP contribution is 2.32. The summed E-state index contributed by atoms with van der Waals surface area (Å²) in [6.07, 6.45) is 0.204. The Bertz CT molecular complexity index is 1100. The number of hydrogen-bond acceptors (Lipinski definition) is 5. The van der Waals surface area contributed by atoms with Crippen molar-refractivity contribution in [2.45, 2.75) is 19.9 Å². The first kappa shape index (κ1) is 16.6. The number of hydrogen-bond donors (Lipinski definition) is 1. The summed E-state index contributed by atoms with van der Waals surface area (Å²) in [6.45, 7) is 2.97. The lowest BCUT2D eigenvalue weighted by atomic mass is 10.1. The SMILES string of the molecule is CCOC(=O)N1CCc2c(sc3[nH]c(=O)n(-c4ccccc4)c(=O)c23)C1. The van der Waals surface area contributed by atoms with Crippen molar-refractivity contribution in [3.8, 4) is 5.69 Å². The molecule has 0 radical (unpaired) electrons. The molecule has 26 heavy (non-hydrogen) atoms. The van der Waals surface area contributed by atoms with Crippen molar-refractivity contribution in [2.24, 2.45) is 0 Å². The standard InChI is InChI=1S/C18H17N3O4S/c1-2-25-18(24)20-9-8-12-13(10-20)26-15-14(12)16(22)21(17(23)19-15)11-6-4-3-5-7-11/h3-7H,2,8-10H2,1H3,(H,19,23). The number of amides is 1. The van der Waals surface area contributed by atoms with Gasteiger partial charge in [-0.15, -0.1) is 11.3 Å². The molecule has 0 spiro atoms. The molecule has 0 saturated heterocycles. The van der Waals surface area contributed by atoms with Crippen LogP contribution in [0.5, 0.6) is 0 Å². The van der Waals surface area contributed by atoms with E-state index < -0.39 is 5.69 Å². The molecule has 8 heteroatoms. The monoisotopic (exact) mass is 371 g/mol. The number of fused-ring (bicyclic) bond motifs is 3. The van der Waals surface area contributed by atoms with Crippen LogP contribution in [0.25, 0.3) is 15.9 Å². The van der Waals surface area contributed by atoms with Crippen molar-refractivity contribution in [3.05, 3.63) is 61.6 Å². The van der Waals surface area contributed by atoms with Crippen LogP contribution in [-0.2, 0) is 17.7 Å². The predicted molar refractivity (Wildman–Crippen MR) is 99.2 cm³/mol. The molecule has 1 amide bonds. The zero-order valence-electron chi connectivity index (χ0n) is 14.2. The maximum absolute atomic E-state index is 13.0. The minimum Gasteiger partial charge on any atom is -0.450 e. The first-order chi connectivity index (χ1) is 12.6. The largest absolute Gasteiger partial charge is 0.450 e. The van der Waals surface area contributed by atoms with Gasteiger partial charge in [0.05, 0.1) is 24.2 Å². The van der Waals surface area contributed by atoms with Crippen LogP contribution in [-0.4, -0.2) is 33.7 Å². The third kappa shape index (κ3) is 2.62. The summed E-state index contributed by atoms with van der Waals surface area (Å²) in [6, 6.07) is 8.85. The molecule has 0 atom stereocenters. The number of rotatable bonds is 2. The van der Waals surface area contributed by atoms with Crippen LogP contribution in [0.4, 0.5) is 4.79 Å². The van der Waals surface area contributed by atoms with Crippen molar-refractivity contribution in [1.82, 2.24) is 14.5 Å². The van der Waals surface area contributed by atoms with Crippen LogP contribution < -0.4 is 11.2 Å². The lowest BCUT2D eigenvalue weighted by molar-refractivity contribution is 0.103. The van der Waals surface area contributed by atoms with E-state index in [9.17, 15) is 14.4 Å². The van der Waals surface area contributed by atoms with Gasteiger partial charge in [0.1, 0.15) is 4.83 Å². The van der Waals surface area contributed by atoms with E-state index >= 15 is 0 Å². The third-order valence-electron chi connectivity index (χ3n) is 4.44. The molecule has 4 rings (SSSR count). The molecule has 1 aliphatic rings. The summed E-state index contributed by atoms with van der Waals surface area (Å²) in [5, 5.41) is 0.539. The Morgan fingerprint density at radius 2 is 2.04 bits per heavy atom. The average molecular weight is 371 g/mol. The highest BCUT2D eigenvalue weighted by Gasteiger charge is 2.27. The molecule has 0 unspecified atom stereocenters. The Labute approximate surface area is 152 Å². The molecule has 134 valence electrons. The molecule has 0 fully saturated rings. The average Bonchev–Trinajstić information content (AvgIpc) is 3.00. The van der Waals surface area contributed by atoms with E-state index in [1.807, 2.05) is 6.07 Å². The van der Waals surface area contributed by atoms with Gasteiger partial charge in [-0.05, 0) is 31.0 Å². The van der Waals surface area contributed by atoms with Gasteiger partial charge in [-0.2, -0.15) is 0 Å². The van der Waals surface area contributed by atoms with E-state index in [-0.39, 0.29) is 11.7 Å². The maximum Gasteiger partial charge on any atom is 0.410 e. The molecule has 7 nitrogen and oxygen atoms in total. The van der Waals surface area contributed by atoms with Gasteiger partial charge in [0.25, 0.3) is 5.56 Å². The topological polar surface area (TPSA) is 84.4 Å². The Morgan fingerprint density at radius 3 is 2.77 bits per heavy atom. The molecule has 1 aromatic carbocycles. The summed E-state index contributed by atoms with van der Waals surface area (Å²) in [4.78, 5) is 43.4. The smallest absolute Gasteiger partial charge is 0.410 e. The van der Waals surface area contributed by atoms with E-state index in [2.05, 4.69) is 4.98 Å². The van der Waals surface area contributed by atoms with Crippen molar-refractivity contribution in [1.29, 1.82) is 0 Å². The number of para-hydroxylation sites is 1. The fourth-order valence-corrected chi connectivity index (χ4v) is 4.50. The van der Waals surface area contributed by atoms with Crippen LogP contribution in [0.3, 0.4) is 0 Å². The zero-order chi connectivity index (χ0) is 18.3. The predicted octanol–water partition coefficient (Wildman–Crippen LogP) is 2.26. The summed E-state index contributed by atoms with van der Waals surface area (Å²) in [5.74, 6) is 0. The number of H-pyrrole nitrogens is 1. The van der Waals surface area contributed by atoms with Gasteiger partial charge in [0, 0.05) is 11.4 Å². The molecule has 3 heterocycles. The third-order valence-corrected chi connectivity index (χ3v) is 5.57. The zero-order valence-corrected chi connectivity index (χ0v) is 15.0. The minimum atomic E-state index is -0.463. The Morgan fingerprint density at radius 1 is 1.27 bits per heavy atom. The normalized spacial score (nSPS) is 13.7. The Hall–Kier alpha value is -2.87. The van der Waals surface area contributed by atoms with Gasteiger partial charge >= 0.3 is 11.8 Å². The second-order valence-corrected chi connectivity index (χ2v) is 7.09. The number of ether oxygens (including phenoxy) is 1. The second kappa shape index (κ2) is 6.45. The van der Waals surface area contributed by atoms with E-state index in [0.717, 1.165) is 15.0 Å². The number of carbonyl (C=O) groups is 1. The highest BCUT2D eigenvalue weighted by atomic mass is 32.1. The number of nitrogens with zero attached hydrogens (tertiary/aromatic N) is 2. The number of aromatic amines is 1. The molecule has 0 bridgehead atoms. The number of nitrogens with one attached hydrogen (secondary N) is 1. The first-order valence-corrected chi connectivity index (χ1v) is 9.18. The maximum atomic E-state index is 13.0. The van der Waals surface area contributed by atoms with E-state index in [1.165, 1.54) is 11.3 Å². The quantitative estimate of drug-likeness (QED) is 0.749. The summed E-state index contributed by atoms with van der Waals surface area (Å²) >= 11 is 1.35. The van der Waals surface area contributed by atoms with Gasteiger partial charge in [0.15, 0.2) is 0 Å². The number of thiophene rings is 1. The lowest BCUT2D eigenvalue weighted by Gasteiger charge is -2.25. The molecule has 2 aromatic heterocycles. The summed E-state index contributed by atoms with van der Waals surface area (Å²) in [7, 11) is 0. The van der Waals surface area contributed by atoms with Gasteiger partial charge in [-0.1, -0.05) is 18.2 Å². The van der Waals surface area contributed by atoms with Gasteiger partial charge in [-0.3, -0.25) is 9.78 Å². The molecule has 0 aliphatic carbocycles. The molecular weight excluding hydrogens is 354 g/mol. The lowest BCUT2D eigenvalue weighted by Crippen LogP contribution is -2.36. The van der Waals surface area contributed by atoms with Crippen LogP contribution in [0, 0.1) is 0 Å². The van der Waals surface area contributed by atoms with Crippen LogP contribution in [0.1, 0.15) is 17.4 Å². The molecule has 3 aromatic rings. The number of benzene rings is 1. The molecular formula is C18H17N3O4S. The van der Waals surface area contributed by atoms with Crippen LogP contribution in [0.15, 0.2) is 39.9 Å². The molecule has 1 N–H and O–H groups in total. The first-order valence-electron chi connectivity index (χ1n) is 8.37. The van der Waals surface area contributed by atoms with Crippen molar-refractivity contribution < 1.29 is 9.53 Å². The van der Waals surface area contributed by atoms with E-state index in [4.69, 9.17) is 4.74 Å². The fourth-order valence-electron chi connectivity index (χ4n) is 3.26. The van der Waals surface area contributed by atoms with Crippen molar-refractivity contribution in [3.63, 3.8) is 0 Å². The summed E-state index contributed by atoms with van der Waals surface area (Å²) < 4.78 is 6.22. The Balaban J connectivity index is 1.84. The highest BCUT2D eigenvalue weighted by molar-refractivity contribution is 7.18. The van der Waals surface area contributed by atoms with Gasteiger partial charge in [0.2, 0.25) is 0 Å². The van der Waals surface area contributed by atoms with Gasteiger partial charge in [-0.25, -0.2) is 14.2 Å². The Kier molecular flexibility index (Phi) is 4.12. The summed E-state index contributed by atoms with van der Waals surface area (Å²) in [5.41, 5.74) is 0.660. The second-order valence-electron chi connectivity index (χ2n) is 5.98. The van der Waals surface area contributed by atoms with E-state index in [1.54, 1.807) is 36.1 Å². The molecule has 1 aliphatic heterocycles.